The summed E-state index contributed by atoms with van der Waals surface area (Å²) in [4.78, 5) is 57.7. The summed E-state index contributed by atoms with van der Waals surface area (Å²) < 4.78 is 30.8. The average molecular weight is 492 g/mol. The van der Waals surface area contributed by atoms with Gasteiger partial charge in [0, 0.05) is 38.5 Å². The molecule has 4 aromatic rings. The van der Waals surface area contributed by atoms with Crippen LogP contribution in [0.4, 0.5) is 0 Å². The van der Waals surface area contributed by atoms with Gasteiger partial charge in [0.05, 0.1) is 33.9 Å². The van der Waals surface area contributed by atoms with E-state index in [0.29, 0.717) is 28.3 Å². The standard InChI is InChI=1S/C24H24N8O4/c1-14-4-5-17(25-10-14)23(34)30-6-8-31(9-7-30)24(35)21(33)16-11-26-20-19(16)18(36-3)12-27-22(20)32-13-28-15(2)29-32/h4-5,10-13,26H,6-9H2,1-3H3/i4D,5D,10D. The number of aromatic nitrogens is 6. The zero-order valence-corrected chi connectivity index (χ0v) is 19.8. The van der Waals surface area contributed by atoms with E-state index in [1.54, 1.807) is 6.92 Å². The Morgan fingerprint density at radius 2 is 1.81 bits per heavy atom. The molecule has 1 fully saturated rings. The maximum atomic E-state index is 13.3. The fourth-order valence-electron chi connectivity index (χ4n) is 4.03. The molecule has 0 aromatic carbocycles. The lowest BCUT2D eigenvalue weighted by atomic mass is 10.1. The molecule has 0 bridgehead atoms. The molecule has 12 heteroatoms. The highest BCUT2D eigenvalue weighted by atomic mass is 16.5. The third-order valence-electron chi connectivity index (χ3n) is 5.90. The third kappa shape index (κ3) is 4.06. The number of aryl methyl sites for hydroxylation is 1. The molecule has 0 unspecified atom stereocenters. The number of fused-ring (bicyclic) bond motifs is 1. The van der Waals surface area contributed by atoms with Crippen LogP contribution in [0, 0.1) is 13.8 Å². The van der Waals surface area contributed by atoms with Crippen molar-refractivity contribution >= 4 is 28.5 Å². The number of ketones is 1. The molecule has 5 heterocycles. The monoisotopic (exact) mass is 491 g/mol. The summed E-state index contributed by atoms with van der Waals surface area (Å²) in [5.74, 6) is -0.860. The van der Waals surface area contributed by atoms with Crippen LogP contribution < -0.4 is 4.74 Å². The second-order valence-corrected chi connectivity index (χ2v) is 8.20. The van der Waals surface area contributed by atoms with Crippen LogP contribution in [0.5, 0.6) is 5.75 Å². The van der Waals surface area contributed by atoms with Crippen LogP contribution in [0.25, 0.3) is 16.7 Å². The van der Waals surface area contributed by atoms with Gasteiger partial charge in [-0.15, -0.1) is 0 Å². The zero-order valence-electron chi connectivity index (χ0n) is 22.8. The van der Waals surface area contributed by atoms with Crippen LogP contribution >= 0.6 is 0 Å². The quantitative estimate of drug-likeness (QED) is 0.326. The smallest absolute Gasteiger partial charge is 0.295 e. The van der Waals surface area contributed by atoms with Crippen molar-refractivity contribution in [2.24, 2.45) is 0 Å². The number of carbonyl (C=O) groups is 3. The van der Waals surface area contributed by atoms with Gasteiger partial charge in [0.25, 0.3) is 17.6 Å². The number of H-pyrrole nitrogens is 1. The van der Waals surface area contributed by atoms with Gasteiger partial charge < -0.3 is 19.5 Å². The number of ether oxygens (including phenoxy) is 1. The number of nitrogens with zero attached hydrogens (tertiary/aromatic N) is 7. The van der Waals surface area contributed by atoms with E-state index in [9.17, 15) is 14.4 Å². The maximum Gasteiger partial charge on any atom is 0.295 e. The van der Waals surface area contributed by atoms with Crippen LogP contribution in [-0.2, 0) is 4.79 Å². The van der Waals surface area contributed by atoms with Gasteiger partial charge in [0.1, 0.15) is 23.6 Å². The third-order valence-corrected chi connectivity index (χ3v) is 5.90. The molecule has 1 aliphatic heterocycles. The molecule has 0 saturated carbocycles. The van der Waals surface area contributed by atoms with E-state index in [1.807, 2.05) is 0 Å². The molecule has 0 aliphatic carbocycles. The van der Waals surface area contributed by atoms with Crippen LogP contribution in [0.1, 0.15) is 36.3 Å². The Hall–Kier alpha value is -4.61. The van der Waals surface area contributed by atoms with Crippen molar-refractivity contribution in [3.8, 4) is 11.6 Å². The number of Topliss-reactive ketones (excluding diaryl/α,β-unsaturated/α-hetero) is 1. The first-order valence-electron chi connectivity index (χ1n) is 12.6. The first-order chi connectivity index (χ1) is 18.6. The Labute approximate surface area is 210 Å². The van der Waals surface area contributed by atoms with Gasteiger partial charge in [-0.3, -0.25) is 19.4 Å². The number of methoxy groups -OCH3 is 1. The molecule has 184 valence electrons. The topological polar surface area (TPSA) is 139 Å². The van der Waals surface area contributed by atoms with E-state index < -0.39 is 17.6 Å². The number of carbonyl (C=O) groups excluding carboxylic acids is 3. The Balaban J connectivity index is 1.35. The molecular formula is C24H24N8O4. The number of rotatable bonds is 5. The molecule has 0 radical (unpaired) electrons. The molecule has 2 amide bonds. The second kappa shape index (κ2) is 9.21. The molecule has 0 atom stereocenters. The first kappa shape index (κ1) is 19.7. The van der Waals surface area contributed by atoms with Gasteiger partial charge in [-0.25, -0.2) is 14.6 Å². The maximum absolute atomic E-state index is 13.3. The van der Waals surface area contributed by atoms with E-state index >= 15 is 0 Å². The zero-order chi connectivity index (χ0) is 28.0. The predicted molar refractivity (Wildman–Crippen MR) is 128 cm³/mol. The number of aromatic amines is 1. The summed E-state index contributed by atoms with van der Waals surface area (Å²) in [6, 6.07) is -0.561. The second-order valence-electron chi connectivity index (χ2n) is 8.20. The van der Waals surface area contributed by atoms with Crippen molar-refractivity contribution in [3.05, 3.63) is 59.6 Å². The minimum atomic E-state index is -0.752. The summed E-state index contributed by atoms with van der Waals surface area (Å²) in [6.45, 7) is 3.61. The van der Waals surface area contributed by atoms with Gasteiger partial charge in [-0.2, -0.15) is 5.10 Å². The van der Waals surface area contributed by atoms with Gasteiger partial charge in [0.2, 0.25) is 0 Å². The van der Waals surface area contributed by atoms with Crippen molar-refractivity contribution < 1.29 is 23.2 Å². The van der Waals surface area contributed by atoms with Crippen molar-refractivity contribution in [3.63, 3.8) is 0 Å². The molecule has 0 spiro atoms. The van der Waals surface area contributed by atoms with Gasteiger partial charge >= 0.3 is 0 Å². The predicted octanol–water partition coefficient (Wildman–Crippen LogP) is 1.33. The van der Waals surface area contributed by atoms with Crippen LogP contribution in [0.3, 0.4) is 0 Å². The van der Waals surface area contributed by atoms with Crippen LogP contribution in [-0.4, -0.2) is 90.4 Å². The van der Waals surface area contributed by atoms with E-state index in [2.05, 4.69) is 25.0 Å². The number of hydrogen-bond donors (Lipinski definition) is 1. The lowest BCUT2D eigenvalue weighted by molar-refractivity contribution is -0.127. The summed E-state index contributed by atoms with van der Waals surface area (Å²) in [6.07, 6.45) is 4.13. The highest BCUT2D eigenvalue weighted by Gasteiger charge is 2.31. The Morgan fingerprint density at radius 3 is 2.50 bits per heavy atom. The minimum Gasteiger partial charge on any atom is -0.494 e. The van der Waals surface area contributed by atoms with Gasteiger partial charge in [-0.1, -0.05) is 6.04 Å². The molecule has 36 heavy (non-hydrogen) atoms. The van der Waals surface area contributed by atoms with Crippen molar-refractivity contribution in [2.45, 2.75) is 13.8 Å². The summed E-state index contributed by atoms with van der Waals surface area (Å²) in [7, 11) is 1.44. The fraction of sp³-hybridized carbons (Fsp3) is 0.292. The lowest BCUT2D eigenvalue weighted by Gasteiger charge is -2.34. The van der Waals surface area contributed by atoms with Crippen molar-refractivity contribution in [2.75, 3.05) is 33.3 Å². The molecule has 5 rings (SSSR count). The van der Waals surface area contributed by atoms with Crippen LogP contribution in [0.15, 0.2) is 37.0 Å². The number of pyridine rings is 2. The first-order valence-corrected chi connectivity index (χ1v) is 11.1. The summed E-state index contributed by atoms with van der Waals surface area (Å²) in [5.41, 5.74) is 0.507. The number of amides is 2. The Morgan fingerprint density at radius 1 is 1.06 bits per heavy atom. The molecule has 4 aromatic heterocycles. The van der Waals surface area contributed by atoms with Crippen LogP contribution in [0.2, 0.25) is 0 Å². The van der Waals surface area contributed by atoms with Crippen molar-refractivity contribution in [1.29, 1.82) is 0 Å². The number of nitrogens with one attached hydrogen (secondary N) is 1. The average Bonchev–Trinajstić information content (AvgIpc) is 3.59. The molecule has 12 nitrogen and oxygen atoms in total. The highest BCUT2D eigenvalue weighted by molar-refractivity contribution is 6.45. The SMILES string of the molecule is [2H]c1nc(C(=O)N2CCN(C(=O)C(=O)c3c[nH]c4c(-n5cnc(C)n5)ncc(OC)c34)CC2)c([2H])c([2H])c1C. The normalized spacial score (nSPS) is 14.9. The van der Waals surface area contributed by atoms with E-state index in [4.69, 9.17) is 8.85 Å². The largest absolute Gasteiger partial charge is 0.494 e. The Bertz CT molecular complexity index is 1640. The fourth-order valence-corrected chi connectivity index (χ4v) is 4.03. The van der Waals surface area contributed by atoms with E-state index in [-0.39, 0.29) is 61.3 Å². The highest BCUT2D eigenvalue weighted by Crippen LogP contribution is 2.31. The Kier molecular flexibility index (Phi) is 5.03. The van der Waals surface area contributed by atoms with E-state index in [0.717, 1.165) is 0 Å². The summed E-state index contributed by atoms with van der Waals surface area (Å²) >= 11 is 0. The molecular weight excluding hydrogens is 464 g/mol. The number of piperazine rings is 1. The van der Waals surface area contributed by atoms with Crippen molar-refractivity contribution in [1.82, 2.24) is 39.5 Å². The van der Waals surface area contributed by atoms with Gasteiger partial charge in [0.15, 0.2) is 5.82 Å². The van der Waals surface area contributed by atoms with E-state index in [1.165, 1.54) is 47.2 Å². The number of hydrogen-bond acceptors (Lipinski definition) is 8. The molecule has 1 saturated heterocycles. The van der Waals surface area contributed by atoms with Gasteiger partial charge in [-0.05, 0) is 25.5 Å². The lowest BCUT2D eigenvalue weighted by Crippen LogP contribution is -2.52. The minimum absolute atomic E-state index is 0.0848. The molecule has 1 N–H and O–H groups in total. The molecule has 1 aliphatic rings. The summed E-state index contributed by atoms with van der Waals surface area (Å²) in [5, 5.41) is 4.65.